The summed E-state index contributed by atoms with van der Waals surface area (Å²) in [6.45, 7) is 0. The van der Waals surface area contributed by atoms with Crippen LogP contribution in [0.2, 0.25) is 0 Å². The van der Waals surface area contributed by atoms with Crippen molar-refractivity contribution < 1.29 is 14.7 Å². The second-order valence-electron chi connectivity index (χ2n) is 4.05. The summed E-state index contributed by atoms with van der Waals surface area (Å²) in [6.07, 6.45) is 3.25. The van der Waals surface area contributed by atoms with Gasteiger partial charge in [0.05, 0.1) is 12.5 Å². The van der Waals surface area contributed by atoms with Crippen LogP contribution in [0.15, 0.2) is 35.2 Å². The van der Waals surface area contributed by atoms with Crippen molar-refractivity contribution in [3.63, 3.8) is 0 Å². The maximum absolute atomic E-state index is 9.43. The number of rotatable bonds is 2. The lowest BCUT2D eigenvalue weighted by Crippen LogP contribution is -1.90. The van der Waals surface area contributed by atoms with E-state index in [1.165, 1.54) is 18.2 Å². The minimum absolute atomic E-state index is 0.0738. The molecule has 0 unspecified atom stereocenters. The normalized spacial score (nSPS) is 10.8. The highest BCUT2D eigenvalue weighted by atomic mass is 16.5. The van der Waals surface area contributed by atoms with E-state index < -0.39 is 0 Å². The quantitative estimate of drug-likeness (QED) is 0.723. The zero-order valence-electron chi connectivity index (χ0n) is 9.98. The van der Waals surface area contributed by atoms with E-state index in [2.05, 4.69) is 15.1 Å². The third-order valence-electron chi connectivity index (χ3n) is 2.62. The second-order valence-corrected chi connectivity index (χ2v) is 4.05. The van der Waals surface area contributed by atoms with Gasteiger partial charge in [0.2, 0.25) is 5.82 Å². The monoisotopic (exact) mass is 258 g/mol. The van der Waals surface area contributed by atoms with Crippen LogP contribution in [-0.2, 0) is 7.05 Å². The first-order valence-electron chi connectivity index (χ1n) is 5.47. The topological polar surface area (TPSA) is 97.2 Å². The van der Waals surface area contributed by atoms with Crippen molar-refractivity contribution in [2.75, 3.05) is 0 Å². The van der Waals surface area contributed by atoms with Crippen LogP contribution < -0.4 is 0 Å². The van der Waals surface area contributed by atoms with E-state index >= 15 is 0 Å². The number of phenols is 2. The van der Waals surface area contributed by atoms with Gasteiger partial charge >= 0.3 is 0 Å². The van der Waals surface area contributed by atoms with E-state index in [0.29, 0.717) is 17.1 Å². The van der Waals surface area contributed by atoms with Gasteiger partial charge in [0, 0.05) is 18.7 Å². The van der Waals surface area contributed by atoms with E-state index in [9.17, 15) is 10.2 Å². The maximum atomic E-state index is 9.43. The van der Waals surface area contributed by atoms with Gasteiger partial charge in [-0.1, -0.05) is 5.16 Å². The fraction of sp³-hybridized carbons (Fsp3) is 0.0833. The van der Waals surface area contributed by atoms with Crippen LogP contribution in [0, 0.1) is 0 Å². The molecule has 0 amide bonds. The Bertz CT molecular complexity index is 712. The van der Waals surface area contributed by atoms with Gasteiger partial charge in [0.25, 0.3) is 5.89 Å². The molecule has 0 saturated heterocycles. The van der Waals surface area contributed by atoms with Gasteiger partial charge < -0.3 is 19.3 Å². The van der Waals surface area contributed by atoms with Crippen LogP contribution in [0.25, 0.3) is 23.0 Å². The molecule has 2 N–H and O–H groups in total. The number of aromatic nitrogens is 4. The Morgan fingerprint density at radius 1 is 1.16 bits per heavy atom. The molecule has 1 aromatic carbocycles. The predicted molar refractivity (Wildman–Crippen MR) is 65.3 cm³/mol. The number of benzene rings is 1. The molecular weight excluding hydrogens is 248 g/mol. The molecule has 7 nitrogen and oxygen atoms in total. The standard InChI is InChI=1S/C12H10N4O3/c1-16-6-13-5-10(16)11-14-12(19-15-11)7-2-8(17)4-9(18)3-7/h2-6,17-18H,1H3. The maximum Gasteiger partial charge on any atom is 0.258 e. The molecule has 19 heavy (non-hydrogen) atoms. The van der Waals surface area contributed by atoms with E-state index in [-0.39, 0.29) is 17.4 Å². The Balaban J connectivity index is 2.04. The Kier molecular flexibility index (Phi) is 2.45. The van der Waals surface area contributed by atoms with Crippen LogP contribution in [0.3, 0.4) is 0 Å². The number of phenolic OH excluding ortho intramolecular Hbond substituents is 2. The summed E-state index contributed by atoms with van der Waals surface area (Å²) in [5, 5.41) is 22.7. The Labute approximate surface area is 107 Å². The number of hydrogen-bond acceptors (Lipinski definition) is 6. The minimum Gasteiger partial charge on any atom is -0.508 e. The molecule has 0 aliphatic rings. The molecule has 0 aliphatic carbocycles. The molecule has 7 heteroatoms. The highest BCUT2D eigenvalue weighted by molar-refractivity contribution is 5.61. The summed E-state index contributed by atoms with van der Waals surface area (Å²) in [7, 11) is 1.82. The van der Waals surface area contributed by atoms with E-state index in [4.69, 9.17) is 4.52 Å². The molecule has 3 rings (SSSR count). The number of hydrogen-bond donors (Lipinski definition) is 2. The van der Waals surface area contributed by atoms with Crippen molar-refractivity contribution in [2.24, 2.45) is 7.05 Å². The van der Waals surface area contributed by atoms with E-state index in [1.807, 2.05) is 7.05 Å². The summed E-state index contributed by atoms with van der Waals surface area (Å²) < 4.78 is 6.87. The van der Waals surface area contributed by atoms with Crippen molar-refractivity contribution in [1.82, 2.24) is 19.7 Å². The highest BCUT2D eigenvalue weighted by Crippen LogP contribution is 2.28. The van der Waals surface area contributed by atoms with Crippen molar-refractivity contribution in [3.8, 4) is 34.5 Å². The third-order valence-corrected chi connectivity index (χ3v) is 2.62. The zero-order valence-corrected chi connectivity index (χ0v) is 9.98. The average Bonchev–Trinajstić information content (AvgIpc) is 2.95. The molecule has 2 aromatic heterocycles. The first kappa shape index (κ1) is 11.3. The molecule has 2 heterocycles. The Morgan fingerprint density at radius 3 is 2.53 bits per heavy atom. The predicted octanol–water partition coefficient (Wildman–Crippen LogP) is 1.55. The van der Waals surface area contributed by atoms with Gasteiger partial charge in [0.15, 0.2) is 0 Å². The molecule has 0 atom stereocenters. The van der Waals surface area contributed by atoms with Gasteiger partial charge in [-0.25, -0.2) is 4.98 Å². The first-order chi connectivity index (χ1) is 9.13. The largest absolute Gasteiger partial charge is 0.508 e. The van der Waals surface area contributed by atoms with Gasteiger partial charge in [0.1, 0.15) is 17.2 Å². The zero-order chi connectivity index (χ0) is 13.4. The first-order valence-corrected chi connectivity index (χ1v) is 5.47. The van der Waals surface area contributed by atoms with Gasteiger partial charge in [-0.2, -0.15) is 4.98 Å². The van der Waals surface area contributed by atoms with Crippen molar-refractivity contribution in [3.05, 3.63) is 30.7 Å². The molecular formula is C12H10N4O3. The molecule has 0 aliphatic heterocycles. The summed E-state index contributed by atoms with van der Waals surface area (Å²) in [5.41, 5.74) is 1.15. The third kappa shape index (κ3) is 2.01. The fourth-order valence-electron chi connectivity index (χ4n) is 1.74. The summed E-state index contributed by atoms with van der Waals surface area (Å²) in [4.78, 5) is 8.17. The molecule has 3 aromatic rings. The van der Waals surface area contributed by atoms with Crippen LogP contribution in [-0.4, -0.2) is 29.9 Å². The SMILES string of the molecule is Cn1cncc1-c1noc(-c2cc(O)cc(O)c2)n1. The lowest BCUT2D eigenvalue weighted by molar-refractivity contribution is 0.428. The van der Waals surface area contributed by atoms with Crippen molar-refractivity contribution >= 4 is 0 Å². The smallest absolute Gasteiger partial charge is 0.258 e. The van der Waals surface area contributed by atoms with Gasteiger partial charge in [-0.3, -0.25) is 0 Å². The second kappa shape index (κ2) is 4.13. The molecule has 0 fully saturated rings. The lowest BCUT2D eigenvalue weighted by atomic mass is 10.2. The van der Waals surface area contributed by atoms with Crippen LogP contribution in [0.4, 0.5) is 0 Å². The Morgan fingerprint density at radius 2 is 1.89 bits per heavy atom. The van der Waals surface area contributed by atoms with E-state index in [1.54, 1.807) is 17.1 Å². The molecule has 96 valence electrons. The summed E-state index contributed by atoms with van der Waals surface area (Å²) >= 11 is 0. The number of aryl methyl sites for hydroxylation is 1. The summed E-state index contributed by atoms with van der Waals surface area (Å²) in [5.74, 6) is 0.450. The van der Waals surface area contributed by atoms with Crippen LogP contribution in [0.1, 0.15) is 0 Å². The number of nitrogens with zero attached hydrogens (tertiary/aromatic N) is 4. The van der Waals surface area contributed by atoms with Crippen molar-refractivity contribution in [1.29, 1.82) is 0 Å². The minimum atomic E-state index is -0.0738. The molecule has 0 spiro atoms. The fourth-order valence-corrected chi connectivity index (χ4v) is 1.74. The summed E-state index contributed by atoms with van der Waals surface area (Å²) in [6, 6.07) is 4.09. The lowest BCUT2D eigenvalue weighted by Gasteiger charge is -1.97. The highest BCUT2D eigenvalue weighted by Gasteiger charge is 2.14. The van der Waals surface area contributed by atoms with E-state index in [0.717, 1.165) is 0 Å². The van der Waals surface area contributed by atoms with Crippen LogP contribution in [0.5, 0.6) is 11.5 Å². The molecule has 0 saturated carbocycles. The Hall–Kier alpha value is -2.83. The van der Waals surface area contributed by atoms with Crippen LogP contribution >= 0.6 is 0 Å². The number of aromatic hydroxyl groups is 2. The van der Waals surface area contributed by atoms with Crippen molar-refractivity contribution in [2.45, 2.75) is 0 Å². The van der Waals surface area contributed by atoms with Gasteiger partial charge in [-0.05, 0) is 12.1 Å². The van der Waals surface area contributed by atoms with Gasteiger partial charge in [-0.15, -0.1) is 0 Å². The molecule has 0 radical (unpaired) electrons. The number of imidazole rings is 1. The molecule has 0 bridgehead atoms. The average molecular weight is 258 g/mol.